The van der Waals surface area contributed by atoms with Crippen molar-refractivity contribution >= 4 is 11.8 Å². The zero-order valence-electron chi connectivity index (χ0n) is 17.5. The predicted molar refractivity (Wildman–Crippen MR) is 113 cm³/mol. The molecule has 0 aromatic heterocycles. The summed E-state index contributed by atoms with van der Waals surface area (Å²) in [4.78, 5) is 29.0. The van der Waals surface area contributed by atoms with Gasteiger partial charge >= 0.3 is 0 Å². The third-order valence-corrected chi connectivity index (χ3v) is 5.30. The Kier molecular flexibility index (Phi) is 7.17. The standard InChI is InChI=1S/C23H28N2O5/c1-29-20-9-7-17(15-21(20)30-2)8-10-22(27)24-11-4-12-25(14-13-24)23(28)18-5-3-6-19(26)16-18/h3,5-7,9,15-16,26H,4,8,10-14H2,1-2H3. The number of benzene rings is 2. The maximum Gasteiger partial charge on any atom is 0.254 e. The predicted octanol–water partition coefficient (Wildman–Crippen LogP) is 2.72. The van der Waals surface area contributed by atoms with Gasteiger partial charge in [-0.25, -0.2) is 0 Å². The fourth-order valence-electron chi connectivity index (χ4n) is 3.64. The van der Waals surface area contributed by atoms with Crippen molar-refractivity contribution in [3.8, 4) is 17.2 Å². The molecule has 0 unspecified atom stereocenters. The minimum absolute atomic E-state index is 0.0719. The summed E-state index contributed by atoms with van der Waals surface area (Å²) in [5.41, 5.74) is 1.47. The molecule has 1 aliphatic heterocycles. The zero-order valence-corrected chi connectivity index (χ0v) is 17.5. The number of nitrogens with zero attached hydrogens (tertiary/aromatic N) is 2. The molecule has 1 fully saturated rings. The van der Waals surface area contributed by atoms with Crippen LogP contribution in [0.15, 0.2) is 42.5 Å². The van der Waals surface area contributed by atoms with Crippen molar-refractivity contribution in [2.45, 2.75) is 19.3 Å². The second kappa shape index (κ2) is 10.0. The Bertz CT molecular complexity index is 899. The molecule has 0 aliphatic carbocycles. The Morgan fingerprint density at radius 1 is 0.933 bits per heavy atom. The average Bonchev–Trinajstić information content (AvgIpc) is 3.03. The maximum absolute atomic E-state index is 12.7. The average molecular weight is 412 g/mol. The number of hydrogen-bond acceptors (Lipinski definition) is 5. The molecular weight excluding hydrogens is 384 g/mol. The number of phenols is 1. The smallest absolute Gasteiger partial charge is 0.254 e. The zero-order chi connectivity index (χ0) is 21.5. The number of aromatic hydroxyl groups is 1. The summed E-state index contributed by atoms with van der Waals surface area (Å²) in [6.07, 6.45) is 1.74. The maximum atomic E-state index is 12.7. The van der Waals surface area contributed by atoms with Crippen LogP contribution in [0.3, 0.4) is 0 Å². The van der Waals surface area contributed by atoms with Gasteiger partial charge in [-0.3, -0.25) is 9.59 Å². The van der Waals surface area contributed by atoms with E-state index in [2.05, 4.69) is 0 Å². The molecule has 0 atom stereocenters. The molecule has 1 N–H and O–H groups in total. The van der Waals surface area contributed by atoms with Crippen molar-refractivity contribution in [3.05, 3.63) is 53.6 Å². The van der Waals surface area contributed by atoms with Gasteiger partial charge in [0.1, 0.15) is 5.75 Å². The summed E-state index contributed by atoms with van der Waals surface area (Å²) in [5.74, 6) is 1.35. The van der Waals surface area contributed by atoms with E-state index < -0.39 is 0 Å². The van der Waals surface area contributed by atoms with Gasteiger partial charge < -0.3 is 24.4 Å². The molecule has 7 nitrogen and oxygen atoms in total. The first-order valence-electron chi connectivity index (χ1n) is 10.1. The first-order chi connectivity index (χ1) is 14.5. The Morgan fingerprint density at radius 3 is 2.40 bits per heavy atom. The van der Waals surface area contributed by atoms with Crippen molar-refractivity contribution in [2.24, 2.45) is 0 Å². The minimum atomic E-state index is -0.120. The number of phenolic OH excluding ortho intramolecular Hbond substituents is 1. The number of hydrogen-bond donors (Lipinski definition) is 1. The first kappa shape index (κ1) is 21.5. The SMILES string of the molecule is COc1ccc(CCC(=O)N2CCCN(C(=O)c3cccc(O)c3)CC2)cc1OC. The molecule has 2 amide bonds. The summed E-state index contributed by atoms with van der Waals surface area (Å²) >= 11 is 0. The fourth-order valence-corrected chi connectivity index (χ4v) is 3.64. The van der Waals surface area contributed by atoms with E-state index in [1.807, 2.05) is 23.1 Å². The number of aryl methyl sites for hydroxylation is 1. The van der Waals surface area contributed by atoms with E-state index >= 15 is 0 Å². The van der Waals surface area contributed by atoms with Crippen LogP contribution in [-0.4, -0.2) is 67.1 Å². The fraction of sp³-hybridized carbons (Fsp3) is 0.391. The van der Waals surface area contributed by atoms with Crippen LogP contribution >= 0.6 is 0 Å². The molecule has 1 aliphatic rings. The van der Waals surface area contributed by atoms with Gasteiger partial charge in [-0.2, -0.15) is 0 Å². The normalized spacial score (nSPS) is 14.2. The van der Waals surface area contributed by atoms with Crippen molar-refractivity contribution < 1.29 is 24.2 Å². The molecule has 2 aromatic carbocycles. The summed E-state index contributed by atoms with van der Waals surface area (Å²) in [6.45, 7) is 2.22. The summed E-state index contributed by atoms with van der Waals surface area (Å²) < 4.78 is 10.6. The summed E-state index contributed by atoms with van der Waals surface area (Å²) in [7, 11) is 3.18. The number of ether oxygens (including phenoxy) is 2. The van der Waals surface area contributed by atoms with Gasteiger partial charge in [0.25, 0.3) is 5.91 Å². The number of methoxy groups -OCH3 is 2. The second-order valence-corrected chi connectivity index (χ2v) is 7.27. The van der Waals surface area contributed by atoms with Crippen molar-refractivity contribution in [1.29, 1.82) is 0 Å². The molecule has 0 saturated carbocycles. The second-order valence-electron chi connectivity index (χ2n) is 7.27. The number of rotatable bonds is 6. The van der Waals surface area contributed by atoms with Gasteiger partial charge in [-0.15, -0.1) is 0 Å². The van der Waals surface area contributed by atoms with Crippen molar-refractivity contribution in [2.75, 3.05) is 40.4 Å². The topological polar surface area (TPSA) is 79.3 Å². The van der Waals surface area contributed by atoms with E-state index in [1.165, 1.54) is 12.1 Å². The molecule has 1 saturated heterocycles. The van der Waals surface area contributed by atoms with Crippen LogP contribution in [0.5, 0.6) is 17.2 Å². The molecule has 0 radical (unpaired) electrons. The van der Waals surface area contributed by atoms with Crippen LogP contribution in [0.4, 0.5) is 0 Å². The molecule has 2 aromatic rings. The van der Waals surface area contributed by atoms with Crippen LogP contribution in [0, 0.1) is 0 Å². The molecule has 30 heavy (non-hydrogen) atoms. The molecule has 3 rings (SSSR count). The molecular formula is C23H28N2O5. The number of carbonyl (C=O) groups is 2. The largest absolute Gasteiger partial charge is 0.508 e. The van der Waals surface area contributed by atoms with E-state index in [0.717, 1.165) is 12.0 Å². The van der Waals surface area contributed by atoms with E-state index in [9.17, 15) is 14.7 Å². The van der Waals surface area contributed by atoms with Gasteiger partial charge in [-0.1, -0.05) is 12.1 Å². The summed E-state index contributed by atoms with van der Waals surface area (Å²) in [5, 5.41) is 9.61. The third-order valence-electron chi connectivity index (χ3n) is 5.30. The van der Waals surface area contributed by atoms with Gasteiger partial charge in [0.2, 0.25) is 5.91 Å². The molecule has 1 heterocycles. The molecule has 0 spiro atoms. The monoisotopic (exact) mass is 412 g/mol. The van der Waals surface area contributed by atoms with Gasteiger partial charge in [-0.05, 0) is 48.7 Å². The van der Waals surface area contributed by atoms with E-state index in [4.69, 9.17) is 9.47 Å². The van der Waals surface area contributed by atoms with Crippen molar-refractivity contribution in [3.63, 3.8) is 0 Å². The highest BCUT2D eigenvalue weighted by Gasteiger charge is 2.23. The van der Waals surface area contributed by atoms with E-state index in [1.54, 1.807) is 31.3 Å². The van der Waals surface area contributed by atoms with Crippen LogP contribution in [0.25, 0.3) is 0 Å². The van der Waals surface area contributed by atoms with E-state index in [-0.39, 0.29) is 17.6 Å². The van der Waals surface area contributed by atoms with Crippen LogP contribution in [0.1, 0.15) is 28.8 Å². The Morgan fingerprint density at radius 2 is 1.67 bits per heavy atom. The minimum Gasteiger partial charge on any atom is -0.508 e. The van der Waals surface area contributed by atoms with Crippen LogP contribution in [-0.2, 0) is 11.2 Å². The van der Waals surface area contributed by atoms with Gasteiger partial charge in [0.05, 0.1) is 14.2 Å². The Hall–Kier alpha value is -3.22. The highest BCUT2D eigenvalue weighted by atomic mass is 16.5. The lowest BCUT2D eigenvalue weighted by atomic mass is 10.1. The van der Waals surface area contributed by atoms with Crippen molar-refractivity contribution in [1.82, 2.24) is 9.80 Å². The third kappa shape index (κ3) is 5.23. The lowest BCUT2D eigenvalue weighted by Gasteiger charge is -2.22. The van der Waals surface area contributed by atoms with E-state index in [0.29, 0.717) is 56.1 Å². The molecule has 0 bridgehead atoms. The highest BCUT2D eigenvalue weighted by molar-refractivity contribution is 5.94. The Balaban J connectivity index is 1.55. The lowest BCUT2D eigenvalue weighted by molar-refractivity contribution is -0.131. The van der Waals surface area contributed by atoms with Crippen LogP contribution in [0.2, 0.25) is 0 Å². The highest BCUT2D eigenvalue weighted by Crippen LogP contribution is 2.28. The summed E-state index contributed by atoms with van der Waals surface area (Å²) in [6, 6.07) is 12.0. The number of carbonyl (C=O) groups excluding carboxylic acids is 2. The Labute approximate surface area is 176 Å². The molecule has 7 heteroatoms. The van der Waals surface area contributed by atoms with Gasteiger partial charge in [0, 0.05) is 38.2 Å². The first-order valence-corrected chi connectivity index (χ1v) is 10.1. The number of amides is 2. The molecule has 160 valence electrons. The quantitative estimate of drug-likeness (QED) is 0.789. The lowest BCUT2D eigenvalue weighted by Crippen LogP contribution is -2.37. The van der Waals surface area contributed by atoms with Gasteiger partial charge in [0.15, 0.2) is 11.5 Å². The van der Waals surface area contributed by atoms with Crippen LogP contribution < -0.4 is 9.47 Å².